The predicted molar refractivity (Wildman–Crippen MR) is 110 cm³/mol. The lowest BCUT2D eigenvalue weighted by Gasteiger charge is -2.28. The van der Waals surface area contributed by atoms with Crippen molar-refractivity contribution in [2.75, 3.05) is 13.1 Å². The van der Waals surface area contributed by atoms with Crippen molar-refractivity contribution in [1.82, 2.24) is 16.0 Å². The van der Waals surface area contributed by atoms with Crippen molar-refractivity contribution in [1.29, 1.82) is 0 Å². The fraction of sp³-hybridized carbons (Fsp3) is 0.789. The Labute approximate surface area is 172 Å². The number of unbranched alkanes of at least 4 members (excludes halogenated alkanes) is 1. The second-order valence-corrected chi connectivity index (χ2v) is 7.60. The second kappa shape index (κ2) is 13.9. The first kappa shape index (κ1) is 26.8. The fourth-order valence-corrected chi connectivity index (χ4v) is 2.56. The van der Waals surface area contributed by atoms with Gasteiger partial charge in [-0.2, -0.15) is 0 Å². The molecule has 3 amide bonds. The highest BCUT2D eigenvalue weighted by Crippen LogP contribution is 2.11. The molecule has 4 unspecified atom stereocenters. The van der Waals surface area contributed by atoms with Gasteiger partial charge in [0.2, 0.25) is 17.7 Å². The molecule has 0 heterocycles. The zero-order valence-electron chi connectivity index (χ0n) is 17.9. The van der Waals surface area contributed by atoms with Crippen LogP contribution in [0.1, 0.15) is 53.4 Å². The van der Waals surface area contributed by atoms with Crippen LogP contribution in [0.25, 0.3) is 0 Å². The van der Waals surface area contributed by atoms with Gasteiger partial charge in [0.15, 0.2) is 0 Å². The molecule has 168 valence electrons. The number of carboxylic acid groups (broad SMARTS) is 1. The van der Waals surface area contributed by atoms with Crippen molar-refractivity contribution < 1.29 is 24.3 Å². The molecule has 8 N–H and O–H groups in total. The number of aliphatic carboxylic acids is 1. The lowest BCUT2D eigenvalue weighted by molar-refractivity contribution is -0.138. The topological polar surface area (TPSA) is 177 Å². The van der Waals surface area contributed by atoms with Crippen molar-refractivity contribution >= 4 is 23.7 Å². The zero-order valence-corrected chi connectivity index (χ0v) is 17.9. The molecule has 29 heavy (non-hydrogen) atoms. The maximum Gasteiger partial charge on any atom is 0.322 e. The maximum absolute atomic E-state index is 12.9. The van der Waals surface area contributed by atoms with E-state index in [0.717, 1.165) is 0 Å². The van der Waals surface area contributed by atoms with Gasteiger partial charge < -0.3 is 32.5 Å². The average molecular weight is 416 g/mol. The van der Waals surface area contributed by atoms with Gasteiger partial charge in [0.05, 0.1) is 6.04 Å². The number of rotatable bonds is 14. The molecule has 0 aromatic heterocycles. The third kappa shape index (κ3) is 10.2. The minimum absolute atomic E-state index is 0.0959. The minimum atomic E-state index is -1.18. The van der Waals surface area contributed by atoms with Crippen LogP contribution in [0.3, 0.4) is 0 Å². The van der Waals surface area contributed by atoms with E-state index in [1.807, 2.05) is 27.7 Å². The van der Waals surface area contributed by atoms with Gasteiger partial charge in [0.1, 0.15) is 18.6 Å². The van der Waals surface area contributed by atoms with Gasteiger partial charge in [-0.25, -0.2) is 0 Å². The summed E-state index contributed by atoms with van der Waals surface area (Å²) in [6, 6.07) is -2.54. The lowest BCUT2D eigenvalue weighted by atomic mass is 9.96. The molecule has 0 saturated carbocycles. The van der Waals surface area contributed by atoms with Crippen LogP contribution in [0.2, 0.25) is 0 Å². The van der Waals surface area contributed by atoms with E-state index in [0.29, 0.717) is 32.2 Å². The summed E-state index contributed by atoms with van der Waals surface area (Å²) in [5.41, 5.74) is 11.4. The third-order valence-electron chi connectivity index (χ3n) is 4.81. The molecule has 0 aromatic rings. The van der Waals surface area contributed by atoms with E-state index in [1.165, 1.54) is 0 Å². The summed E-state index contributed by atoms with van der Waals surface area (Å²) in [6.45, 7) is 7.22. The van der Waals surface area contributed by atoms with E-state index in [4.69, 9.17) is 16.6 Å². The van der Waals surface area contributed by atoms with E-state index in [-0.39, 0.29) is 11.8 Å². The number of hydrogen-bond donors (Lipinski definition) is 6. The smallest absolute Gasteiger partial charge is 0.322 e. The van der Waals surface area contributed by atoms with Gasteiger partial charge in [-0.1, -0.05) is 34.1 Å². The summed E-state index contributed by atoms with van der Waals surface area (Å²) in [4.78, 5) is 48.3. The molecular weight excluding hydrogens is 378 g/mol. The molecule has 0 spiro atoms. The Hall–Kier alpha value is -2.20. The molecule has 0 aliphatic rings. The summed E-state index contributed by atoms with van der Waals surface area (Å²) in [5.74, 6) is -3.00. The molecular formula is C19H37N5O5. The highest BCUT2D eigenvalue weighted by Gasteiger charge is 2.31. The monoisotopic (exact) mass is 415 g/mol. The molecule has 4 atom stereocenters. The van der Waals surface area contributed by atoms with Crippen molar-refractivity contribution in [3.05, 3.63) is 0 Å². The van der Waals surface area contributed by atoms with E-state index in [9.17, 15) is 19.2 Å². The highest BCUT2D eigenvalue weighted by molar-refractivity contribution is 5.93. The Kier molecular flexibility index (Phi) is 12.8. The molecule has 0 radical (unpaired) electrons. The van der Waals surface area contributed by atoms with Crippen molar-refractivity contribution in [3.63, 3.8) is 0 Å². The molecule has 10 nitrogen and oxygen atoms in total. The molecule has 0 rings (SSSR count). The second-order valence-electron chi connectivity index (χ2n) is 7.60. The van der Waals surface area contributed by atoms with Crippen LogP contribution in [-0.4, -0.2) is 60.0 Å². The zero-order chi connectivity index (χ0) is 22.6. The summed E-state index contributed by atoms with van der Waals surface area (Å²) >= 11 is 0. The van der Waals surface area contributed by atoms with Crippen LogP contribution in [0.15, 0.2) is 0 Å². The standard InChI is InChI=1S/C19H37N5O5/c1-5-12(4)16(24-18(28)15(21)11(2)3)19(29)23-13(8-6-7-9-20)17(27)22-10-14(25)26/h11-13,15-16H,5-10,20-21H2,1-4H3,(H,22,27)(H,23,29)(H,24,28)(H,25,26). The highest BCUT2D eigenvalue weighted by atomic mass is 16.4. The molecule has 0 aliphatic carbocycles. The minimum Gasteiger partial charge on any atom is -0.480 e. The summed E-state index contributed by atoms with van der Waals surface area (Å²) in [6.07, 6.45) is 2.17. The number of nitrogens with two attached hydrogens (primary N) is 2. The molecule has 0 fully saturated rings. The first-order valence-corrected chi connectivity index (χ1v) is 10.1. The maximum atomic E-state index is 12.9. The van der Waals surface area contributed by atoms with Crippen LogP contribution >= 0.6 is 0 Å². The summed E-state index contributed by atoms with van der Waals surface area (Å²) < 4.78 is 0. The van der Waals surface area contributed by atoms with Gasteiger partial charge in [-0.15, -0.1) is 0 Å². The Morgan fingerprint density at radius 1 is 0.966 bits per heavy atom. The van der Waals surface area contributed by atoms with E-state index < -0.39 is 48.4 Å². The predicted octanol–water partition coefficient (Wildman–Crippen LogP) is -0.685. The van der Waals surface area contributed by atoms with Crippen LogP contribution in [0.5, 0.6) is 0 Å². The van der Waals surface area contributed by atoms with Gasteiger partial charge in [0.25, 0.3) is 0 Å². The van der Waals surface area contributed by atoms with E-state index >= 15 is 0 Å². The number of amides is 3. The van der Waals surface area contributed by atoms with Crippen molar-refractivity contribution in [2.24, 2.45) is 23.3 Å². The Morgan fingerprint density at radius 3 is 2.07 bits per heavy atom. The van der Waals surface area contributed by atoms with Crippen LogP contribution in [-0.2, 0) is 19.2 Å². The molecule has 0 bridgehead atoms. The molecule has 0 saturated heterocycles. The van der Waals surface area contributed by atoms with E-state index in [2.05, 4.69) is 16.0 Å². The van der Waals surface area contributed by atoms with Crippen LogP contribution < -0.4 is 27.4 Å². The normalized spacial score (nSPS) is 15.1. The number of carboxylic acids is 1. The lowest BCUT2D eigenvalue weighted by Crippen LogP contribution is -2.58. The SMILES string of the molecule is CCC(C)C(NC(=O)C(N)C(C)C)C(=O)NC(CCCCN)C(=O)NCC(=O)O. The van der Waals surface area contributed by atoms with Crippen LogP contribution in [0.4, 0.5) is 0 Å². The van der Waals surface area contributed by atoms with Crippen molar-refractivity contribution in [2.45, 2.75) is 71.5 Å². The number of hydrogen-bond acceptors (Lipinski definition) is 6. The quantitative estimate of drug-likeness (QED) is 0.203. The first-order valence-electron chi connectivity index (χ1n) is 10.1. The molecule has 0 aromatic carbocycles. The number of carbonyl (C=O) groups excluding carboxylic acids is 3. The fourth-order valence-electron chi connectivity index (χ4n) is 2.56. The largest absolute Gasteiger partial charge is 0.480 e. The Morgan fingerprint density at radius 2 is 1.59 bits per heavy atom. The summed E-state index contributed by atoms with van der Waals surface area (Å²) in [7, 11) is 0. The van der Waals surface area contributed by atoms with Gasteiger partial charge in [-0.05, 0) is 37.6 Å². The number of carbonyl (C=O) groups is 4. The average Bonchev–Trinajstić information content (AvgIpc) is 2.67. The third-order valence-corrected chi connectivity index (χ3v) is 4.81. The summed E-state index contributed by atoms with van der Waals surface area (Å²) in [5, 5.41) is 16.4. The Balaban J connectivity index is 5.28. The Bertz CT molecular complexity index is 555. The van der Waals surface area contributed by atoms with Gasteiger partial charge >= 0.3 is 5.97 Å². The molecule has 0 aliphatic heterocycles. The number of nitrogens with one attached hydrogen (secondary N) is 3. The van der Waals surface area contributed by atoms with Gasteiger partial charge in [0, 0.05) is 0 Å². The van der Waals surface area contributed by atoms with Gasteiger partial charge in [-0.3, -0.25) is 19.2 Å². The van der Waals surface area contributed by atoms with Crippen LogP contribution in [0, 0.1) is 11.8 Å². The molecule has 10 heteroatoms. The first-order chi connectivity index (χ1) is 13.5. The van der Waals surface area contributed by atoms with E-state index in [1.54, 1.807) is 0 Å². The van der Waals surface area contributed by atoms with Crippen molar-refractivity contribution in [3.8, 4) is 0 Å².